The maximum Gasteiger partial charge on any atom is 0.157 e. The fourth-order valence-corrected chi connectivity index (χ4v) is 11.3. The number of ether oxygens (including phenoxy) is 6. The molecule has 0 aliphatic carbocycles. The Morgan fingerprint density at radius 3 is 1.03 bits per heavy atom. The summed E-state index contributed by atoms with van der Waals surface area (Å²) < 4.78 is 36.3. The summed E-state index contributed by atoms with van der Waals surface area (Å²) in [5.41, 5.74) is 1.69. The third kappa shape index (κ3) is 14.3. The van der Waals surface area contributed by atoms with Gasteiger partial charge in [-0.2, -0.15) is 0 Å². The van der Waals surface area contributed by atoms with Crippen molar-refractivity contribution in [3.63, 3.8) is 0 Å². The monoisotopic (exact) mass is 1100 g/mol. The Balaban J connectivity index is 1.03. The van der Waals surface area contributed by atoms with Crippen LogP contribution >= 0.6 is 92.8 Å². The number of hydrogen-bond donors (Lipinski definition) is 0. The highest BCUT2D eigenvalue weighted by molar-refractivity contribution is 6.39. The SMILES string of the molecule is CCC(CC)(CCCCCOc1c(Cl)cc(C(C)(C)c2cc(Cl)c(OC(CC)(CC)CCCC3CO3)c(Cl)c2)cc1Cl)Oc1c(Cl)cc(C(C)(C)c2cc(Cl)c(OCCCC3CO3)c(Cl)c2)cc1Cl. The van der Waals surface area contributed by atoms with Crippen molar-refractivity contribution in [1.82, 2.24) is 0 Å². The van der Waals surface area contributed by atoms with Crippen molar-refractivity contribution in [3.8, 4) is 23.0 Å². The molecule has 0 saturated carbocycles. The molecule has 2 aliphatic heterocycles. The van der Waals surface area contributed by atoms with E-state index in [1.807, 2.05) is 48.5 Å². The quantitative estimate of drug-likeness (QED) is 0.0417. The predicted molar refractivity (Wildman–Crippen MR) is 290 cm³/mol. The summed E-state index contributed by atoms with van der Waals surface area (Å²) in [5, 5.41) is 3.59. The van der Waals surface area contributed by atoms with Gasteiger partial charge in [-0.15, -0.1) is 0 Å². The summed E-state index contributed by atoms with van der Waals surface area (Å²) in [6.45, 7) is 19.6. The minimum absolute atomic E-state index is 0.351. The van der Waals surface area contributed by atoms with Gasteiger partial charge in [-0.1, -0.05) is 148 Å². The molecule has 380 valence electrons. The van der Waals surface area contributed by atoms with Crippen LogP contribution in [-0.4, -0.2) is 49.8 Å². The minimum Gasteiger partial charge on any atom is -0.490 e. The molecule has 0 amide bonds. The first-order chi connectivity index (χ1) is 32.7. The van der Waals surface area contributed by atoms with Crippen LogP contribution in [0.1, 0.15) is 161 Å². The van der Waals surface area contributed by atoms with E-state index >= 15 is 0 Å². The molecule has 14 heteroatoms. The number of benzene rings is 4. The van der Waals surface area contributed by atoms with E-state index in [2.05, 4.69) is 55.4 Å². The molecule has 2 fully saturated rings. The van der Waals surface area contributed by atoms with Crippen LogP contribution < -0.4 is 18.9 Å². The standard InChI is InChI=1S/C55H68Cl8O6/c1-9-54(10-2,68-50-44(60)28-36(29-45(50)61)53(7,8)35-26-42(58)49(43(59)27-35)65-23-17-19-39-33-67-39)20-14-13-15-22-64-48-40(56)24-34(25-41(48)57)52(5,6)37-30-46(62)51(47(63)31-37)69-55(11-3,12-4)21-16-18-38-32-66-38/h24-31,38-39H,9-23,32-33H2,1-8H3. The van der Waals surface area contributed by atoms with Crippen molar-refractivity contribution in [1.29, 1.82) is 0 Å². The molecule has 0 spiro atoms. The lowest BCUT2D eigenvalue weighted by Crippen LogP contribution is -2.35. The van der Waals surface area contributed by atoms with Crippen molar-refractivity contribution >= 4 is 92.8 Å². The first-order valence-corrected chi connectivity index (χ1v) is 27.6. The Labute approximate surface area is 451 Å². The fourth-order valence-electron chi connectivity index (χ4n) is 9.02. The van der Waals surface area contributed by atoms with E-state index in [-0.39, 0.29) is 5.60 Å². The molecule has 4 aromatic rings. The first-order valence-electron chi connectivity index (χ1n) is 24.6. The second kappa shape index (κ2) is 24.6. The average Bonchev–Trinajstić information content (AvgIpc) is 4.26. The zero-order chi connectivity index (χ0) is 50.3. The smallest absolute Gasteiger partial charge is 0.157 e. The molecular weight excluding hydrogens is 1040 g/mol. The summed E-state index contributed by atoms with van der Waals surface area (Å²) in [5.74, 6) is 1.93. The number of halogens is 8. The van der Waals surface area contributed by atoms with Crippen molar-refractivity contribution in [2.75, 3.05) is 26.4 Å². The van der Waals surface area contributed by atoms with Gasteiger partial charge in [-0.25, -0.2) is 0 Å². The molecule has 6 nitrogen and oxygen atoms in total. The molecule has 0 bridgehead atoms. The summed E-state index contributed by atoms with van der Waals surface area (Å²) >= 11 is 55.2. The second-order valence-electron chi connectivity index (χ2n) is 19.8. The lowest BCUT2D eigenvalue weighted by Gasteiger charge is -2.34. The number of unbranched alkanes of at least 4 members (excludes halogenated alkanes) is 2. The number of epoxide rings is 2. The zero-order valence-corrected chi connectivity index (χ0v) is 47.3. The van der Waals surface area contributed by atoms with E-state index in [9.17, 15) is 0 Å². The van der Waals surface area contributed by atoms with E-state index in [1.165, 1.54) is 0 Å². The van der Waals surface area contributed by atoms with Gasteiger partial charge in [0.1, 0.15) is 11.2 Å². The molecule has 2 saturated heterocycles. The third-order valence-corrected chi connectivity index (χ3v) is 16.7. The van der Waals surface area contributed by atoms with Gasteiger partial charge >= 0.3 is 0 Å². The highest BCUT2D eigenvalue weighted by Crippen LogP contribution is 2.48. The van der Waals surface area contributed by atoms with E-state index in [0.717, 1.165) is 119 Å². The van der Waals surface area contributed by atoms with Gasteiger partial charge < -0.3 is 28.4 Å². The summed E-state index contributed by atoms with van der Waals surface area (Å²) in [6.07, 6.45) is 12.2. The van der Waals surface area contributed by atoms with E-state index < -0.39 is 16.4 Å². The van der Waals surface area contributed by atoms with Gasteiger partial charge in [-0.05, 0) is 154 Å². The van der Waals surface area contributed by atoms with Crippen LogP contribution in [0.2, 0.25) is 40.2 Å². The normalized spacial score (nSPS) is 16.2. The number of rotatable bonds is 28. The molecule has 2 unspecified atom stereocenters. The van der Waals surface area contributed by atoms with Crippen LogP contribution in [0.25, 0.3) is 0 Å². The molecule has 6 rings (SSSR count). The second-order valence-corrected chi connectivity index (χ2v) is 23.0. The van der Waals surface area contributed by atoms with Gasteiger partial charge in [0.25, 0.3) is 0 Å². The molecule has 2 atom stereocenters. The van der Waals surface area contributed by atoms with Gasteiger partial charge in [-0.3, -0.25) is 0 Å². The molecule has 0 N–H and O–H groups in total. The molecule has 69 heavy (non-hydrogen) atoms. The predicted octanol–water partition coefficient (Wildman–Crippen LogP) is 19.2. The van der Waals surface area contributed by atoms with Crippen LogP contribution in [0, 0.1) is 0 Å². The zero-order valence-electron chi connectivity index (χ0n) is 41.3. The average molecular weight is 1110 g/mol. The topological polar surface area (TPSA) is 62.0 Å². The Morgan fingerprint density at radius 1 is 0.420 bits per heavy atom. The van der Waals surface area contributed by atoms with Crippen LogP contribution in [-0.2, 0) is 20.3 Å². The minimum atomic E-state index is -0.549. The molecule has 2 heterocycles. The van der Waals surface area contributed by atoms with Crippen LogP contribution in [0.5, 0.6) is 23.0 Å². The van der Waals surface area contributed by atoms with Crippen molar-refractivity contribution < 1.29 is 28.4 Å². The summed E-state index contributed by atoms with van der Waals surface area (Å²) in [4.78, 5) is 0. The van der Waals surface area contributed by atoms with Crippen molar-refractivity contribution in [2.45, 2.75) is 173 Å². The van der Waals surface area contributed by atoms with Gasteiger partial charge in [0.05, 0.1) is 78.8 Å². The third-order valence-electron chi connectivity index (χ3n) is 14.5. The lowest BCUT2D eigenvalue weighted by molar-refractivity contribution is 0.0479. The van der Waals surface area contributed by atoms with E-state index in [0.29, 0.717) is 88.6 Å². The largest absolute Gasteiger partial charge is 0.490 e. The Kier molecular flexibility index (Phi) is 20.2. The molecule has 0 aromatic heterocycles. The van der Waals surface area contributed by atoms with Crippen LogP contribution in [0.15, 0.2) is 48.5 Å². The Hall–Kier alpha value is -1.68. The summed E-state index contributed by atoms with van der Waals surface area (Å²) in [6, 6.07) is 15.3. The van der Waals surface area contributed by atoms with Crippen LogP contribution in [0.3, 0.4) is 0 Å². The van der Waals surface area contributed by atoms with Crippen molar-refractivity contribution in [3.05, 3.63) is 111 Å². The van der Waals surface area contributed by atoms with Gasteiger partial charge in [0.2, 0.25) is 0 Å². The van der Waals surface area contributed by atoms with Crippen LogP contribution in [0.4, 0.5) is 0 Å². The molecule has 4 aromatic carbocycles. The van der Waals surface area contributed by atoms with Gasteiger partial charge in [0, 0.05) is 10.8 Å². The molecule has 2 aliphatic rings. The molecule has 0 radical (unpaired) electrons. The van der Waals surface area contributed by atoms with E-state index in [1.54, 1.807) is 0 Å². The maximum absolute atomic E-state index is 7.01. The first kappa shape index (κ1) is 56.6. The van der Waals surface area contributed by atoms with E-state index in [4.69, 9.17) is 121 Å². The highest BCUT2D eigenvalue weighted by Gasteiger charge is 2.35. The maximum atomic E-state index is 7.01. The van der Waals surface area contributed by atoms with Crippen molar-refractivity contribution in [2.24, 2.45) is 0 Å². The molecular formula is C55H68Cl8O6. The fraction of sp³-hybridized carbons (Fsp3) is 0.564. The Bertz CT molecular complexity index is 2280. The summed E-state index contributed by atoms with van der Waals surface area (Å²) in [7, 11) is 0. The lowest BCUT2D eigenvalue weighted by atomic mass is 9.78. The van der Waals surface area contributed by atoms with Gasteiger partial charge in [0.15, 0.2) is 23.0 Å². The number of hydrogen-bond acceptors (Lipinski definition) is 6. The Morgan fingerprint density at radius 2 is 0.710 bits per heavy atom. The highest BCUT2D eigenvalue weighted by atomic mass is 35.5.